The zero-order valence-corrected chi connectivity index (χ0v) is 12.6. The molecule has 2 rings (SSSR count). The number of hydrogen-bond acceptors (Lipinski definition) is 4. The van der Waals surface area contributed by atoms with E-state index in [9.17, 15) is 9.59 Å². The van der Waals surface area contributed by atoms with Crippen LogP contribution in [-0.2, 0) is 14.3 Å². The van der Waals surface area contributed by atoms with E-state index in [1.54, 1.807) is 17.9 Å². The van der Waals surface area contributed by atoms with Crippen molar-refractivity contribution in [1.29, 1.82) is 0 Å². The lowest BCUT2D eigenvalue weighted by Crippen LogP contribution is -2.41. The second-order valence-electron chi connectivity index (χ2n) is 6.39. The van der Waals surface area contributed by atoms with E-state index in [2.05, 4.69) is 0 Å². The Bertz CT molecular complexity index is 424. The molecule has 0 bridgehead atoms. The Morgan fingerprint density at radius 3 is 2.65 bits per heavy atom. The lowest BCUT2D eigenvalue weighted by Gasteiger charge is -2.29. The van der Waals surface area contributed by atoms with Crippen molar-refractivity contribution in [3.63, 3.8) is 0 Å². The van der Waals surface area contributed by atoms with E-state index in [1.165, 1.54) is 6.08 Å². The number of hydrogen-bond donors (Lipinski definition) is 0. The molecule has 20 heavy (non-hydrogen) atoms. The molecule has 0 unspecified atom stereocenters. The highest BCUT2D eigenvalue weighted by Gasteiger charge is 2.53. The minimum Gasteiger partial charge on any atom is -0.463 e. The molecule has 0 radical (unpaired) electrons. The highest BCUT2D eigenvalue weighted by molar-refractivity contribution is 5.82. The molecule has 0 aromatic rings. The van der Waals surface area contributed by atoms with E-state index in [-0.39, 0.29) is 18.1 Å². The van der Waals surface area contributed by atoms with Crippen molar-refractivity contribution in [2.24, 2.45) is 11.8 Å². The van der Waals surface area contributed by atoms with Crippen LogP contribution in [0.4, 0.5) is 4.79 Å². The van der Waals surface area contributed by atoms with E-state index in [4.69, 9.17) is 9.47 Å². The summed E-state index contributed by atoms with van der Waals surface area (Å²) in [5.74, 6) is 0.660. The van der Waals surface area contributed by atoms with Crippen LogP contribution in [0.15, 0.2) is 12.2 Å². The topological polar surface area (TPSA) is 55.8 Å². The Morgan fingerprint density at radius 2 is 2.05 bits per heavy atom. The summed E-state index contributed by atoms with van der Waals surface area (Å²) >= 11 is 0. The number of piperidine rings is 1. The quantitative estimate of drug-likeness (QED) is 0.588. The Labute approximate surface area is 119 Å². The molecule has 5 heteroatoms. The predicted octanol–water partition coefficient (Wildman–Crippen LogP) is 2.36. The van der Waals surface area contributed by atoms with Crippen LogP contribution in [0.2, 0.25) is 0 Å². The molecule has 0 spiro atoms. The molecule has 0 N–H and O–H groups in total. The fourth-order valence-corrected chi connectivity index (χ4v) is 2.64. The molecule has 1 aliphatic heterocycles. The van der Waals surface area contributed by atoms with Gasteiger partial charge >= 0.3 is 12.1 Å². The maximum atomic E-state index is 12.2. The van der Waals surface area contributed by atoms with Gasteiger partial charge in [-0.15, -0.1) is 0 Å². The summed E-state index contributed by atoms with van der Waals surface area (Å²) in [6, 6.07) is -0.0424. The van der Waals surface area contributed by atoms with Gasteiger partial charge in [-0.2, -0.15) is 0 Å². The molecule has 1 aliphatic carbocycles. The maximum absolute atomic E-state index is 12.2. The van der Waals surface area contributed by atoms with Crippen molar-refractivity contribution in [1.82, 2.24) is 4.90 Å². The standard InChI is InChI=1S/C15H23NO4/c1-5-19-13(17)7-6-12-11-8-10(11)9-16(12)14(18)20-15(2,3)4/h6-7,10-12H,5,8-9H2,1-4H3/b7-6+/t10-,11-,12-/m1/s1. The first kappa shape index (κ1) is 14.9. The van der Waals surface area contributed by atoms with Gasteiger partial charge in [0.2, 0.25) is 0 Å². The highest BCUT2D eigenvalue weighted by atomic mass is 16.6. The number of fused-ring (bicyclic) bond motifs is 1. The van der Waals surface area contributed by atoms with E-state index in [1.807, 2.05) is 20.8 Å². The number of amides is 1. The van der Waals surface area contributed by atoms with Gasteiger partial charge in [-0.1, -0.05) is 6.08 Å². The van der Waals surface area contributed by atoms with Crippen LogP contribution in [0.1, 0.15) is 34.1 Å². The molecule has 2 fully saturated rings. The van der Waals surface area contributed by atoms with E-state index >= 15 is 0 Å². The minimum atomic E-state index is -0.501. The van der Waals surface area contributed by atoms with Crippen molar-refractivity contribution in [2.45, 2.75) is 45.8 Å². The number of esters is 1. The minimum absolute atomic E-state index is 0.0424. The third-order valence-corrected chi connectivity index (χ3v) is 3.55. The van der Waals surface area contributed by atoms with Gasteiger partial charge in [-0.05, 0) is 46.0 Å². The molecule has 3 atom stereocenters. The Kier molecular flexibility index (Phi) is 4.06. The summed E-state index contributed by atoms with van der Waals surface area (Å²) in [7, 11) is 0. The lowest BCUT2D eigenvalue weighted by molar-refractivity contribution is -0.137. The average molecular weight is 281 g/mol. The van der Waals surface area contributed by atoms with Crippen molar-refractivity contribution in [3.05, 3.63) is 12.2 Å². The third-order valence-electron chi connectivity index (χ3n) is 3.55. The normalized spacial score (nSPS) is 28.4. The molecule has 0 aromatic heterocycles. The number of ether oxygens (including phenoxy) is 2. The molecule has 1 saturated carbocycles. The number of rotatable bonds is 3. The van der Waals surface area contributed by atoms with Crippen LogP contribution in [-0.4, -0.2) is 41.8 Å². The van der Waals surface area contributed by atoms with Gasteiger partial charge < -0.3 is 14.4 Å². The molecule has 1 saturated heterocycles. The van der Waals surface area contributed by atoms with Gasteiger partial charge in [-0.3, -0.25) is 0 Å². The van der Waals surface area contributed by atoms with Crippen LogP contribution < -0.4 is 0 Å². The molecular formula is C15H23NO4. The van der Waals surface area contributed by atoms with Crippen LogP contribution in [0.5, 0.6) is 0 Å². The van der Waals surface area contributed by atoms with E-state index in [0.29, 0.717) is 18.4 Å². The highest BCUT2D eigenvalue weighted by Crippen LogP contribution is 2.50. The summed E-state index contributed by atoms with van der Waals surface area (Å²) in [6.07, 6.45) is 4.02. The summed E-state index contributed by atoms with van der Waals surface area (Å²) in [4.78, 5) is 25.3. The largest absolute Gasteiger partial charge is 0.463 e. The fraction of sp³-hybridized carbons (Fsp3) is 0.733. The van der Waals surface area contributed by atoms with Crippen LogP contribution >= 0.6 is 0 Å². The molecule has 1 amide bonds. The van der Waals surface area contributed by atoms with Crippen molar-refractivity contribution < 1.29 is 19.1 Å². The number of nitrogens with zero attached hydrogens (tertiary/aromatic N) is 1. The van der Waals surface area contributed by atoms with E-state index < -0.39 is 5.60 Å². The van der Waals surface area contributed by atoms with Gasteiger partial charge in [0.15, 0.2) is 0 Å². The monoisotopic (exact) mass is 281 g/mol. The average Bonchev–Trinajstić information content (AvgIpc) is 2.98. The first-order chi connectivity index (χ1) is 9.31. The molecule has 0 aromatic carbocycles. The van der Waals surface area contributed by atoms with Gasteiger partial charge in [0.25, 0.3) is 0 Å². The number of carbonyl (C=O) groups is 2. The van der Waals surface area contributed by atoms with Crippen LogP contribution in [0.25, 0.3) is 0 Å². The first-order valence-corrected chi connectivity index (χ1v) is 7.16. The zero-order chi connectivity index (χ0) is 14.9. The fourth-order valence-electron chi connectivity index (χ4n) is 2.64. The Hall–Kier alpha value is -1.52. The summed E-state index contributed by atoms with van der Waals surface area (Å²) < 4.78 is 10.3. The smallest absolute Gasteiger partial charge is 0.410 e. The van der Waals surface area contributed by atoms with Crippen LogP contribution in [0, 0.1) is 11.8 Å². The predicted molar refractivity (Wildman–Crippen MR) is 74.1 cm³/mol. The Morgan fingerprint density at radius 1 is 1.35 bits per heavy atom. The van der Waals surface area contributed by atoms with Gasteiger partial charge in [0.1, 0.15) is 5.60 Å². The van der Waals surface area contributed by atoms with Crippen molar-refractivity contribution in [3.8, 4) is 0 Å². The molecule has 1 heterocycles. The van der Waals surface area contributed by atoms with Gasteiger partial charge in [0, 0.05) is 12.6 Å². The second-order valence-corrected chi connectivity index (χ2v) is 6.39. The van der Waals surface area contributed by atoms with E-state index in [0.717, 1.165) is 13.0 Å². The second kappa shape index (κ2) is 5.46. The molecule has 5 nitrogen and oxygen atoms in total. The molecule has 112 valence electrons. The maximum Gasteiger partial charge on any atom is 0.410 e. The lowest BCUT2D eigenvalue weighted by atomic mass is 10.1. The number of likely N-dealkylation sites (tertiary alicyclic amines) is 1. The molecular weight excluding hydrogens is 258 g/mol. The summed E-state index contributed by atoms with van der Waals surface area (Å²) in [5, 5.41) is 0. The first-order valence-electron chi connectivity index (χ1n) is 7.16. The number of carbonyl (C=O) groups excluding carboxylic acids is 2. The van der Waals surface area contributed by atoms with Crippen LogP contribution in [0.3, 0.4) is 0 Å². The summed E-state index contributed by atoms with van der Waals surface area (Å²) in [6.45, 7) is 8.40. The Balaban J connectivity index is 1.99. The van der Waals surface area contributed by atoms with Crippen molar-refractivity contribution in [2.75, 3.05) is 13.2 Å². The SMILES string of the molecule is CCOC(=O)/C=C/[C@@H]1[C@@H]2C[C@@H]2CN1C(=O)OC(C)(C)C. The molecule has 2 aliphatic rings. The van der Waals surface area contributed by atoms with Crippen molar-refractivity contribution >= 4 is 12.1 Å². The van der Waals surface area contributed by atoms with Gasteiger partial charge in [0.05, 0.1) is 12.6 Å². The summed E-state index contributed by atoms with van der Waals surface area (Å²) in [5.41, 5.74) is -0.501. The zero-order valence-electron chi connectivity index (χ0n) is 12.6. The third kappa shape index (κ3) is 3.52. The van der Waals surface area contributed by atoms with Gasteiger partial charge in [-0.25, -0.2) is 9.59 Å².